The fraction of sp³-hybridized carbons (Fsp3) is 0.156. The third-order valence-corrected chi connectivity index (χ3v) is 13.1. The molecule has 3 aromatic heterocycles. The van der Waals surface area contributed by atoms with Gasteiger partial charge in [0.05, 0.1) is 44.4 Å². The van der Waals surface area contributed by atoms with Crippen LogP contribution in [0, 0.1) is 20.0 Å². The van der Waals surface area contributed by atoms with Crippen LogP contribution in [0.4, 0.5) is 0 Å². The quantitative estimate of drug-likeness (QED) is 0.127. The Balaban J connectivity index is 1.20. The molecule has 0 radical (unpaired) electrons. The summed E-state index contributed by atoms with van der Waals surface area (Å²) in [5, 5.41) is 2.02. The minimum Gasteiger partial charge on any atom is -0.458 e. The minimum atomic E-state index is -2.86. The summed E-state index contributed by atoms with van der Waals surface area (Å²) in [5.41, 5.74) is 3.33. The summed E-state index contributed by atoms with van der Waals surface area (Å²) >= 11 is 0. The van der Waals surface area contributed by atoms with Crippen molar-refractivity contribution >= 4 is 32.8 Å². The second-order valence-corrected chi connectivity index (χ2v) is 19.6. The van der Waals surface area contributed by atoms with Gasteiger partial charge < -0.3 is 4.74 Å². The standard InChI is InChI=1S/C64H54N4O/c1-40-18-15-19-41(2)60(40)42-34-54-50-25-12-10-23-48(50)47-22-9-11-24-49(47)53-27-17-28-55(64(6,7)8)61(53)67-39-66(58(35-42)62(54)67)44-20-16-21-45(37-44)69-46-30-31-52-51-26-13-14-29-56(51)68(57(52)38-46)59-36-43(32-33-65-59)63(3,4)5/h9-38H,1-8H3/i1D3,2D3,9D,10D,11D,12D,22D,23D,24D,25D. The third-order valence-electron chi connectivity index (χ3n) is 13.1. The molecule has 5 nitrogen and oxygen atoms in total. The van der Waals surface area contributed by atoms with E-state index >= 15 is 0 Å². The summed E-state index contributed by atoms with van der Waals surface area (Å²) in [7, 11) is 0. The van der Waals surface area contributed by atoms with E-state index in [0.717, 1.165) is 33.2 Å². The lowest BCUT2D eigenvalue weighted by Crippen LogP contribution is -2.35. The van der Waals surface area contributed by atoms with Gasteiger partial charge in [0, 0.05) is 31.3 Å². The maximum absolute atomic E-state index is 9.85. The summed E-state index contributed by atoms with van der Waals surface area (Å²) in [4.78, 5) is 4.85. The lowest BCUT2D eigenvalue weighted by atomic mass is 9.82. The zero-order chi connectivity index (χ0) is 59.3. The van der Waals surface area contributed by atoms with Crippen molar-refractivity contribution in [2.45, 2.75) is 66.1 Å². The van der Waals surface area contributed by atoms with Crippen LogP contribution in [0.15, 0.2) is 182 Å². The van der Waals surface area contributed by atoms with Crippen LogP contribution in [0.1, 0.15) is 83.0 Å². The fourth-order valence-corrected chi connectivity index (χ4v) is 9.87. The molecular weight excluding hydrogens is 841 g/mol. The van der Waals surface area contributed by atoms with Gasteiger partial charge in [0.2, 0.25) is 0 Å². The average molecular weight is 909 g/mol. The largest absolute Gasteiger partial charge is 0.458 e. The molecule has 0 saturated heterocycles. The van der Waals surface area contributed by atoms with E-state index in [1.165, 1.54) is 24.3 Å². The number of pyridine rings is 1. The summed E-state index contributed by atoms with van der Waals surface area (Å²) in [6.45, 7) is 6.74. The van der Waals surface area contributed by atoms with Crippen LogP contribution in [0.2, 0.25) is 0 Å². The van der Waals surface area contributed by atoms with Crippen LogP contribution >= 0.6 is 0 Å². The van der Waals surface area contributed by atoms with Gasteiger partial charge in [-0.1, -0.05) is 157 Å². The van der Waals surface area contributed by atoms with E-state index < -0.39 is 67.5 Å². The zero-order valence-electron chi connectivity index (χ0n) is 52.9. The highest BCUT2D eigenvalue weighted by Gasteiger charge is 2.30. The summed E-state index contributed by atoms with van der Waals surface area (Å²) in [6.07, 6.45) is 5.42. The van der Waals surface area contributed by atoms with Gasteiger partial charge in [-0.3, -0.25) is 13.7 Å². The predicted octanol–water partition coefficient (Wildman–Crippen LogP) is 16.2. The van der Waals surface area contributed by atoms with Crippen molar-refractivity contribution in [2.24, 2.45) is 0 Å². The minimum absolute atomic E-state index is 0.0280. The van der Waals surface area contributed by atoms with E-state index in [9.17, 15) is 6.85 Å². The van der Waals surface area contributed by atoms with Crippen molar-refractivity contribution in [1.82, 2.24) is 14.1 Å². The van der Waals surface area contributed by atoms with Gasteiger partial charge in [0.15, 0.2) is 0 Å². The second-order valence-electron chi connectivity index (χ2n) is 19.6. The molecule has 0 aliphatic carbocycles. The second kappa shape index (κ2) is 15.8. The Morgan fingerprint density at radius 2 is 1.25 bits per heavy atom. The van der Waals surface area contributed by atoms with Gasteiger partial charge in [-0.15, -0.1) is 0 Å². The molecule has 5 heteroatoms. The van der Waals surface area contributed by atoms with Gasteiger partial charge in [-0.05, 0) is 146 Å². The highest BCUT2D eigenvalue weighted by Crippen LogP contribution is 2.47. The molecule has 0 spiro atoms. The molecule has 336 valence electrons. The van der Waals surface area contributed by atoms with Crippen molar-refractivity contribution in [3.63, 3.8) is 0 Å². The van der Waals surface area contributed by atoms with Crippen LogP contribution in [-0.2, 0) is 10.8 Å². The number of rotatable bonds is 5. The van der Waals surface area contributed by atoms with Gasteiger partial charge in [-0.25, -0.2) is 4.98 Å². The molecule has 0 bridgehead atoms. The van der Waals surface area contributed by atoms with Crippen LogP contribution < -0.4 is 9.30 Å². The first kappa shape index (κ1) is 29.7. The highest BCUT2D eigenvalue weighted by atomic mass is 16.5. The Kier molecular flexibility index (Phi) is 6.79. The molecule has 0 unspecified atom stereocenters. The molecule has 12 rings (SSSR count). The zero-order valence-corrected chi connectivity index (χ0v) is 38.9. The molecular formula is C64H54N4O. The van der Waals surface area contributed by atoms with Crippen molar-refractivity contribution in [3.05, 3.63) is 211 Å². The van der Waals surface area contributed by atoms with Crippen molar-refractivity contribution in [2.75, 3.05) is 0 Å². The van der Waals surface area contributed by atoms with Gasteiger partial charge in [-0.2, -0.15) is 0 Å². The molecule has 0 fully saturated rings. The number of benzene rings is 8. The number of hydrogen-bond donors (Lipinski definition) is 0. The van der Waals surface area contributed by atoms with Crippen molar-refractivity contribution < 1.29 is 28.5 Å². The number of para-hydroxylation sites is 2. The van der Waals surface area contributed by atoms with Crippen LogP contribution in [0.5, 0.6) is 11.5 Å². The first-order chi connectivity index (χ1) is 39.1. The van der Waals surface area contributed by atoms with E-state index in [4.69, 9.17) is 22.1 Å². The number of hydrogen-bond acceptors (Lipinski definition) is 2. The van der Waals surface area contributed by atoms with E-state index in [-0.39, 0.29) is 66.5 Å². The van der Waals surface area contributed by atoms with Gasteiger partial charge >= 0.3 is 0 Å². The molecule has 4 heterocycles. The molecule has 69 heavy (non-hydrogen) atoms. The first-order valence-corrected chi connectivity index (χ1v) is 22.9. The number of ether oxygens (including phenoxy) is 1. The smallest absolute Gasteiger partial charge is 0.269 e. The number of aryl methyl sites for hydroxylation is 2. The number of aromatic nitrogens is 4. The van der Waals surface area contributed by atoms with E-state index in [0.29, 0.717) is 34.0 Å². The maximum Gasteiger partial charge on any atom is 0.269 e. The normalized spacial score (nSPS) is 15.6. The lowest BCUT2D eigenvalue weighted by Gasteiger charge is -2.26. The highest BCUT2D eigenvalue weighted by molar-refractivity contribution is 6.09. The topological polar surface area (TPSA) is 35.9 Å². The molecule has 0 N–H and O–H groups in total. The average Bonchev–Trinajstić information content (AvgIpc) is 1.80. The molecule has 0 saturated carbocycles. The van der Waals surface area contributed by atoms with Crippen LogP contribution in [0.25, 0.3) is 94.5 Å². The molecule has 11 aromatic rings. The Morgan fingerprint density at radius 1 is 0.580 bits per heavy atom. The maximum atomic E-state index is 9.85. The SMILES string of the molecule is [2H]c1c([2H])c([2H])c2c(c1[2H])-c1cccc(C(C)(C)C)c1-[n+]1[c-]n(-c3cccc(Oc4ccc5c6ccccc6n(-c6cc(C(C)(C)C)ccn6)c5c4)c3)c3cc(-c4c(C([2H])([2H])[2H])cccc4C([2H])([2H])[2H])cc(c31)-c1c([2H])c([2H])c([2H])c([2H])c1-2. The van der Waals surface area contributed by atoms with Crippen LogP contribution in [-0.4, -0.2) is 14.1 Å². The van der Waals surface area contributed by atoms with Gasteiger partial charge in [0.25, 0.3) is 6.33 Å². The summed E-state index contributed by atoms with van der Waals surface area (Å²) < 4.78 is 140. The number of imidazole rings is 1. The first-order valence-electron chi connectivity index (χ1n) is 29.9. The monoisotopic (exact) mass is 909 g/mol. The molecule has 8 aromatic carbocycles. The van der Waals surface area contributed by atoms with Crippen molar-refractivity contribution in [3.8, 4) is 73.2 Å². The molecule has 0 amide bonds. The third kappa shape index (κ3) is 6.98. The fourth-order valence-electron chi connectivity index (χ4n) is 9.87. The Morgan fingerprint density at radius 3 is 1.97 bits per heavy atom. The number of fused-ring (bicyclic) bond motifs is 10. The Hall–Kier alpha value is -8.02. The summed E-state index contributed by atoms with van der Waals surface area (Å²) in [5.74, 6) is 1.65. The van der Waals surface area contributed by atoms with E-state index in [1.54, 1.807) is 45.5 Å². The Bertz CT molecular complexity index is 4540. The number of nitrogens with zero attached hydrogens (tertiary/aromatic N) is 4. The Labute approximate surface area is 424 Å². The van der Waals surface area contributed by atoms with E-state index in [2.05, 4.69) is 49.9 Å². The lowest BCUT2D eigenvalue weighted by molar-refractivity contribution is -0.572. The van der Waals surface area contributed by atoms with Crippen LogP contribution in [0.3, 0.4) is 0 Å². The van der Waals surface area contributed by atoms with Crippen molar-refractivity contribution in [1.29, 1.82) is 0 Å². The van der Waals surface area contributed by atoms with Gasteiger partial charge in [0.1, 0.15) is 17.3 Å². The molecule has 0 atom stereocenters. The molecule has 1 aliphatic heterocycles. The predicted molar refractivity (Wildman–Crippen MR) is 284 cm³/mol. The summed E-state index contributed by atoms with van der Waals surface area (Å²) in [6, 6.07) is 33.3. The van der Waals surface area contributed by atoms with E-state index in [1.807, 2.05) is 75.5 Å². The molecule has 1 aliphatic rings.